The van der Waals surface area contributed by atoms with E-state index in [1.54, 1.807) is 0 Å². The zero-order chi connectivity index (χ0) is 18.1. The largest absolute Gasteiger partial charge is 0.352 e. The highest BCUT2D eigenvalue weighted by Gasteiger charge is 2.56. The van der Waals surface area contributed by atoms with Gasteiger partial charge in [0, 0.05) is 11.7 Å². The van der Waals surface area contributed by atoms with Crippen LogP contribution in [0.4, 0.5) is 5.69 Å². The number of benzene rings is 1. The predicted molar refractivity (Wildman–Crippen MR) is 100 cm³/mol. The van der Waals surface area contributed by atoms with Crippen molar-refractivity contribution >= 4 is 17.5 Å². The number of carbonyl (C=O) groups excluding carboxylic acids is 2. The molecule has 0 aliphatic heterocycles. The molecule has 0 saturated heterocycles. The normalized spacial score (nSPS) is 20.0. The van der Waals surface area contributed by atoms with Gasteiger partial charge >= 0.3 is 0 Å². The molecule has 0 aromatic heterocycles. The van der Waals surface area contributed by atoms with Gasteiger partial charge < -0.3 is 10.6 Å². The maximum Gasteiger partial charge on any atom is 0.240 e. The third-order valence-corrected chi connectivity index (χ3v) is 5.57. The highest BCUT2D eigenvalue weighted by molar-refractivity contribution is 6.13. The van der Waals surface area contributed by atoms with Gasteiger partial charge in [-0.1, -0.05) is 52.2 Å². The summed E-state index contributed by atoms with van der Waals surface area (Å²) in [6.07, 6.45) is 6.97. The van der Waals surface area contributed by atoms with Crippen molar-refractivity contribution in [1.82, 2.24) is 5.32 Å². The Morgan fingerprint density at radius 1 is 0.960 bits per heavy atom. The fourth-order valence-corrected chi connectivity index (χ4v) is 3.56. The third-order valence-electron chi connectivity index (χ3n) is 5.57. The molecule has 0 spiro atoms. The predicted octanol–water partition coefficient (Wildman–Crippen LogP) is 4.15. The van der Waals surface area contributed by atoms with E-state index in [0.29, 0.717) is 12.8 Å². The number of amides is 2. The molecule has 2 aliphatic rings. The summed E-state index contributed by atoms with van der Waals surface area (Å²) in [5, 5.41) is 6.06. The van der Waals surface area contributed by atoms with Gasteiger partial charge in [-0.25, -0.2) is 0 Å². The summed E-state index contributed by atoms with van der Waals surface area (Å²) < 4.78 is 0. The van der Waals surface area contributed by atoms with Crippen LogP contribution in [0.25, 0.3) is 0 Å². The lowest BCUT2D eigenvalue weighted by molar-refractivity contribution is -0.135. The first-order chi connectivity index (χ1) is 11.8. The zero-order valence-corrected chi connectivity index (χ0v) is 15.7. The smallest absolute Gasteiger partial charge is 0.240 e. The zero-order valence-electron chi connectivity index (χ0n) is 15.7. The van der Waals surface area contributed by atoms with Crippen molar-refractivity contribution in [2.45, 2.75) is 77.2 Å². The van der Waals surface area contributed by atoms with Crippen LogP contribution in [0.2, 0.25) is 0 Å². The molecule has 0 unspecified atom stereocenters. The number of hydrogen-bond acceptors (Lipinski definition) is 2. The van der Waals surface area contributed by atoms with Crippen LogP contribution in [-0.2, 0) is 15.0 Å². The highest BCUT2D eigenvalue weighted by Crippen LogP contribution is 2.47. The van der Waals surface area contributed by atoms with Gasteiger partial charge in [-0.3, -0.25) is 9.59 Å². The quantitative estimate of drug-likeness (QED) is 0.808. The second-order valence-electron chi connectivity index (χ2n) is 8.67. The molecule has 0 atom stereocenters. The minimum atomic E-state index is -0.847. The first-order valence-electron chi connectivity index (χ1n) is 9.54. The molecule has 0 heterocycles. The van der Waals surface area contributed by atoms with E-state index in [1.807, 2.05) is 24.3 Å². The van der Waals surface area contributed by atoms with Crippen LogP contribution >= 0.6 is 0 Å². The first-order valence-corrected chi connectivity index (χ1v) is 9.54. The molecule has 1 aromatic rings. The third kappa shape index (κ3) is 4.05. The summed E-state index contributed by atoms with van der Waals surface area (Å²) in [5.74, 6) is -0.243. The Morgan fingerprint density at radius 2 is 1.56 bits per heavy atom. The Kier molecular flexibility index (Phi) is 4.90. The van der Waals surface area contributed by atoms with Crippen molar-refractivity contribution in [3.63, 3.8) is 0 Å². The van der Waals surface area contributed by atoms with Crippen LogP contribution in [0.5, 0.6) is 0 Å². The van der Waals surface area contributed by atoms with Gasteiger partial charge in [0.1, 0.15) is 5.41 Å². The molecular weight excluding hydrogens is 312 g/mol. The van der Waals surface area contributed by atoms with Gasteiger partial charge in [0.25, 0.3) is 0 Å². The van der Waals surface area contributed by atoms with Gasteiger partial charge in [-0.05, 0) is 48.8 Å². The molecule has 4 heteroatoms. The van der Waals surface area contributed by atoms with E-state index in [2.05, 4.69) is 31.4 Å². The molecule has 25 heavy (non-hydrogen) atoms. The topological polar surface area (TPSA) is 58.2 Å². The van der Waals surface area contributed by atoms with Crippen molar-refractivity contribution < 1.29 is 9.59 Å². The SMILES string of the molecule is CC(C)(C)c1ccc(NC(=O)C2(C(=O)NC3CCCCC3)CC2)cc1. The van der Waals surface area contributed by atoms with Crippen LogP contribution in [0, 0.1) is 5.41 Å². The Balaban J connectivity index is 1.61. The summed E-state index contributed by atoms with van der Waals surface area (Å²) in [4.78, 5) is 25.3. The Labute approximate surface area is 150 Å². The summed E-state index contributed by atoms with van der Waals surface area (Å²) >= 11 is 0. The monoisotopic (exact) mass is 342 g/mol. The molecular formula is C21H30N2O2. The van der Waals surface area contributed by atoms with E-state index in [0.717, 1.165) is 18.5 Å². The summed E-state index contributed by atoms with van der Waals surface area (Å²) in [7, 11) is 0. The van der Waals surface area contributed by atoms with Crippen molar-refractivity contribution in [2.75, 3.05) is 5.32 Å². The van der Waals surface area contributed by atoms with Gasteiger partial charge in [-0.15, -0.1) is 0 Å². The van der Waals surface area contributed by atoms with Gasteiger partial charge in [0.15, 0.2) is 0 Å². The lowest BCUT2D eigenvalue weighted by Crippen LogP contribution is -2.45. The molecule has 2 N–H and O–H groups in total. The van der Waals surface area contributed by atoms with Crippen molar-refractivity contribution in [3.8, 4) is 0 Å². The molecule has 2 fully saturated rings. The summed E-state index contributed by atoms with van der Waals surface area (Å²) in [5.41, 5.74) is 1.22. The molecule has 0 radical (unpaired) electrons. The fourth-order valence-electron chi connectivity index (χ4n) is 3.56. The van der Waals surface area contributed by atoms with Crippen LogP contribution in [0.1, 0.15) is 71.3 Å². The Morgan fingerprint density at radius 3 is 2.08 bits per heavy atom. The lowest BCUT2D eigenvalue weighted by Gasteiger charge is -2.25. The standard InChI is InChI=1S/C21H30N2O2/c1-20(2,3)15-9-11-17(12-10-15)23-19(25)21(13-14-21)18(24)22-16-7-5-4-6-8-16/h9-12,16H,4-8,13-14H2,1-3H3,(H,22,24)(H,23,25). The van der Waals surface area contributed by atoms with E-state index in [1.165, 1.54) is 24.8 Å². The minimum Gasteiger partial charge on any atom is -0.352 e. The van der Waals surface area contributed by atoms with E-state index >= 15 is 0 Å². The Bertz CT molecular complexity index is 633. The second kappa shape index (κ2) is 6.81. The lowest BCUT2D eigenvalue weighted by atomic mass is 9.87. The van der Waals surface area contributed by atoms with E-state index < -0.39 is 5.41 Å². The number of carbonyl (C=O) groups is 2. The number of rotatable bonds is 4. The molecule has 2 aliphatic carbocycles. The maximum atomic E-state index is 12.7. The second-order valence-corrected chi connectivity index (χ2v) is 8.67. The van der Waals surface area contributed by atoms with Crippen molar-refractivity contribution in [1.29, 1.82) is 0 Å². The minimum absolute atomic E-state index is 0.0804. The number of anilines is 1. The van der Waals surface area contributed by atoms with E-state index in [4.69, 9.17) is 0 Å². The van der Waals surface area contributed by atoms with Gasteiger partial charge in [0.2, 0.25) is 11.8 Å². The molecule has 1 aromatic carbocycles. The van der Waals surface area contributed by atoms with Crippen LogP contribution in [0.15, 0.2) is 24.3 Å². The molecule has 4 nitrogen and oxygen atoms in total. The van der Waals surface area contributed by atoms with E-state index in [9.17, 15) is 9.59 Å². The first kappa shape index (κ1) is 18.0. The molecule has 2 saturated carbocycles. The van der Waals surface area contributed by atoms with Crippen molar-refractivity contribution in [2.24, 2.45) is 5.41 Å². The van der Waals surface area contributed by atoms with Crippen LogP contribution < -0.4 is 10.6 Å². The highest BCUT2D eigenvalue weighted by atomic mass is 16.2. The molecule has 136 valence electrons. The average Bonchev–Trinajstić information content (AvgIpc) is 3.37. The van der Waals surface area contributed by atoms with Crippen LogP contribution in [-0.4, -0.2) is 17.9 Å². The molecule has 2 amide bonds. The average molecular weight is 342 g/mol. The molecule has 3 rings (SSSR count). The van der Waals surface area contributed by atoms with Crippen molar-refractivity contribution in [3.05, 3.63) is 29.8 Å². The summed E-state index contributed by atoms with van der Waals surface area (Å²) in [6, 6.07) is 8.17. The van der Waals surface area contributed by atoms with Crippen LogP contribution in [0.3, 0.4) is 0 Å². The number of nitrogens with one attached hydrogen (secondary N) is 2. The van der Waals surface area contributed by atoms with Gasteiger partial charge in [0.05, 0.1) is 0 Å². The Hall–Kier alpha value is -1.84. The van der Waals surface area contributed by atoms with E-state index in [-0.39, 0.29) is 23.3 Å². The molecule has 0 bridgehead atoms. The fraction of sp³-hybridized carbons (Fsp3) is 0.619. The van der Waals surface area contributed by atoms with Gasteiger partial charge in [-0.2, -0.15) is 0 Å². The summed E-state index contributed by atoms with van der Waals surface area (Å²) in [6.45, 7) is 6.49. The maximum absolute atomic E-state index is 12.7. The number of hydrogen-bond donors (Lipinski definition) is 2.